The number of rotatable bonds is 2. The maximum absolute atomic E-state index is 11.5. The SMILES string of the molecule is Nc1ccc(=O)n(Cc2cn3ccsc3n2)n1. The van der Waals surface area contributed by atoms with Crippen LogP contribution >= 0.6 is 11.3 Å². The predicted octanol–water partition coefficient (Wildman–Crippen LogP) is 0.583. The van der Waals surface area contributed by atoms with Crippen molar-refractivity contribution in [3.05, 3.63) is 46.0 Å². The van der Waals surface area contributed by atoms with E-state index in [0.717, 1.165) is 10.7 Å². The average Bonchev–Trinajstić information content (AvgIpc) is 2.83. The Morgan fingerprint density at radius 3 is 3.12 bits per heavy atom. The number of aromatic nitrogens is 4. The van der Waals surface area contributed by atoms with Crippen LogP contribution in [0.1, 0.15) is 5.69 Å². The van der Waals surface area contributed by atoms with Crippen LogP contribution in [0.3, 0.4) is 0 Å². The lowest BCUT2D eigenvalue weighted by Crippen LogP contribution is -2.23. The lowest BCUT2D eigenvalue weighted by Gasteiger charge is -2.01. The summed E-state index contributed by atoms with van der Waals surface area (Å²) >= 11 is 1.55. The molecule has 17 heavy (non-hydrogen) atoms. The van der Waals surface area contributed by atoms with Gasteiger partial charge in [-0.05, 0) is 6.07 Å². The van der Waals surface area contributed by atoms with Gasteiger partial charge < -0.3 is 5.73 Å². The van der Waals surface area contributed by atoms with Crippen molar-refractivity contribution >= 4 is 22.1 Å². The summed E-state index contributed by atoms with van der Waals surface area (Å²) in [4.78, 5) is 16.8. The fourth-order valence-electron chi connectivity index (χ4n) is 1.58. The predicted molar refractivity (Wildman–Crippen MR) is 65.1 cm³/mol. The molecule has 86 valence electrons. The first-order valence-corrected chi connectivity index (χ1v) is 5.85. The largest absolute Gasteiger partial charge is 0.382 e. The van der Waals surface area contributed by atoms with Crippen LogP contribution in [0, 0.1) is 0 Å². The number of nitrogens with zero attached hydrogens (tertiary/aromatic N) is 4. The summed E-state index contributed by atoms with van der Waals surface area (Å²) in [6, 6.07) is 2.89. The molecule has 0 radical (unpaired) electrons. The second-order valence-corrected chi connectivity index (χ2v) is 4.45. The number of anilines is 1. The van der Waals surface area contributed by atoms with Crippen LogP contribution in [0.4, 0.5) is 5.82 Å². The van der Waals surface area contributed by atoms with Crippen LogP contribution in [0.25, 0.3) is 4.96 Å². The molecule has 7 heteroatoms. The van der Waals surface area contributed by atoms with Crippen LogP contribution in [0.15, 0.2) is 34.7 Å². The van der Waals surface area contributed by atoms with Gasteiger partial charge in [0.25, 0.3) is 5.56 Å². The summed E-state index contributed by atoms with van der Waals surface area (Å²) in [5, 5.41) is 5.91. The lowest BCUT2D eigenvalue weighted by molar-refractivity contribution is 0.635. The minimum Gasteiger partial charge on any atom is -0.382 e. The van der Waals surface area contributed by atoms with E-state index in [1.54, 1.807) is 11.3 Å². The third kappa shape index (κ3) is 1.80. The molecule has 3 aromatic rings. The van der Waals surface area contributed by atoms with Gasteiger partial charge in [-0.25, -0.2) is 9.67 Å². The zero-order valence-electron chi connectivity index (χ0n) is 8.78. The van der Waals surface area contributed by atoms with E-state index in [1.807, 2.05) is 22.2 Å². The molecule has 0 atom stereocenters. The molecule has 0 unspecified atom stereocenters. The lowest BCUT2D eigenvalue weighted by atomic mass is 10.4. The summed E-state index contributed by atoms with van der Waals surface area (Å²) < 4.78 is 3.22. The van der Waals surface area contributed by atoms with E-state index in [-0.39, 0.29) is 5.56 Å². The van der Waals surface area contributed by atoms with Gasteiger partial charge in [0.1, 0.15) is 5.82 Å². The van der Waals surface area contributed by atoms with Crippen molar-refractivity contribution in [2.75, 3.05) is 5.73 Å². The van der Waals surface area contributed by atoms with Gasteiger partial charge in [0.2, 0.25) is 0 Å². The third-order valence-corrected chi connectivity index (χ3v) is 3.11. The number of hydrogen-bond donors (Lipinski definition) is 1. The molecule has 0 aromatic carbocycles. The quantitative estimate of drug-likeness (QED) is 0.718. The molecule has 0 aliphatic heterocycles. The molecule has 0 fully saturated rings. The van der Waals surface area contributed by atoms with Crippen LogP contribution in [0.2, 0.25) is 0 Å². The molecule has 6 nitrogen and oxygen atoms in total. The minimum atomic E-state index is -0.185. The summed E-state index contributed by atoms with van der Waals surface area (Å²) in [7, 11) is 0. The number of imidazole rings is 1. The van der Waals surface area contributed by atoms with Gasteiger partial charge >= 0.3 is 0 Å². The first kappa shape index (κ1) is 10.0. The molecule has 0 saturated carbocycles. The second-order valence-electron chi connectivity index (χ2n) is 3.58. The Kier molecular flexibility index (Phi) is 2.19. The molecule has 2 N–H and O–H groups in total. The van der Waals surface area contributed by atoms with E-state index in [2.05, 4.69) is 10.1 Å². The molecule has 0 saturated heterocycles. The second kappa shape index (κ2) is 3.70. The highest BCUT2D eigenvalue weighted by molar-refractivity contribution is 7.15. The Labute approximate surface area is 100.0 Å². The average molecular weight is 247 g/mol. The first-order valence-electron chi connectivity index (χ1n) is 4.97. The maximum atomic E-state index is 11.5. The Morgan fingerprint density at radius 1 is 1.41 bits per heavy atom. The van der Waals surface area contributed by atoms with Crippen molar-refractivity contribution in [1.82, 2.24) is 19.2 Å². The Bertz CT molecular complexity index is 697. The van der Waals surface area contributed by atoms with Crippen molar-refractivity contribution < 1.29 is 0 Å². The molecule has 0 aliphatic carbocycles. The molecule has 3 heterocycles. The zero-order chi connectivity index (χ0) is 11.8. The summed E-state index contributed by atoms with van der Waals surface area (Å²) in [5.41, 5.74) is 6.15. The molecule has 0 aliphatic rings. The minimum absolute atomic E-state index is 0.185. The van der Waals surface area contributed by atoms with E-state index >= 15 is 0 Å². The van der Waals surface area contributed by atoms with E-state index in [1.165, 1.54) is 16.8 Å². The fraction of sp³-hybridized carbons (Fsp3) is 0.100. The molecule has 0 amide bonds. The molecule has 3 rings (SSSR count). The van der Waals surface area contributed by atoms with Crippen molar-refractivity contribution in [1.29, 1.82) is 0 Å². The highest BCUT2D eigenvalue weighted by Gasteiger charge is 2.05. The van der Waals surface area contributed by atoms with Gasteiger partial charge in [-0.3, -0.25) is 9.20 Å². The van der Waals surface area contributed by atoms with Gasteiger partial charge in [0.05, 0.1) is 12.2 Å². The monoisotopic (exact) mass is 247 g/mol. The summed E-state index contributed by atoms with van der Waals surface area (Å²) in [5.74, 6) is 0.325. The standard InChI is InChI=1S/C10H9N5OS/c11-8-1-2-9(16)15(13-8)6-7-5-14-3-4-17-10(14)12-7/h1-5H,6H2,(H2,11,13). The van der Waals surface area contributed by atoms with E-state index in [9.17, 15) is 4.79 Å². The van der Waals surface area contributed by atoms with Crippen molar-refractivity contribution in [3.8, 4) is 0 Å². The van der Waals surface area contributed by atoms with Gasteiger partial charge in [-0.1, -0.05) is 0 Å². The normalized spacial score (nSPS) is 11.1. The molecule has 3 aromatic heterocycles. The number of fused-ring (bicyclic) bond motifs is 1. The smallest absolute Gasteiger partial charge is 0.267 e. The fourth-order valence-corrected chi connectivity index (χ4v) is 2.30. The van der Waals surface area contributed by atoms with E-state index in [4.69, 9.17) is 5.73 Å². The van der Waals surface area contributed by atoms with Gasteiger partial charge in [0.15, 0.2) is 4.96 Å². The topological polar surface area (TPSA) is 78.2 Å². The van der Waals surface area contributed by atoms with Crippen molar-refractivity contribution in [2.45, 2.75) is 6.54 Å². The Morgan fingerprint density at radius 2 is 2.29 bits per heavy atom. The van der Waals surface area contributed by atoms with Crippen LogP contribution < -0.4 is 11.3 Å². The van der Waals surface area contributed by atoms with E-state index < -0.39 is 0 Å². The Balaban J connectivity index is 1.99. The van der Waals surface area contributed by atoms with Crippen LogP contribution in [-0.2, 0) is 6.54 Å². The van der Waals surface area contributed by atoms with Crippen LogP contribution in [-0.4, -0.2) is 19.2 Å². The van der Waals surface area contributed by atoms with Crippen molar-refractivity contribution in [3.63, 3.8) is 0 Å². The highest BCUT2D eigenvalue weighted by atomic mass is 32.1. The molecule has 0 spiro atoms. The van der Waals surface area contributed by atoms with Gasteiger partial charge in [-0.15, -0.1) is 11.3 Å². The zero-order valence-corrected chi connectivity index (χ0v) is 9.59. The molecular weight excluding hydrogens is 238 g/mol. The number of hydrogen-bond acceptors (Lipinski definition) is 5. The van der Waals surface area contributed by atoms with E-state index in [0.29, 0.717) is 12.4 Å². The molecule has 0 bridgehead atoms. The van der Waals surface area contributed by atoms with Gasteiger partial charge in [0, 0.05) is 23.8 Å². The van der Waals surface area contributed by atoms with Gasteiger partial charge in [-0.2, -0.15) is 5.10 Å². The summed E-state index contributed by atoms with van der Waals surface area (Å²) in [6.45, 7) is 0.332. The maximum Gasteiger partial charge on any atom is 0.267 e. The number of nitrogen functional groups attached to an aromatic ring is 1. The van der Waals surface area contributed by atoms with Crippen LogP contribution in [0.5, 0.6) is 0 Å². The third-order valence-electron chi connectivity index (χ3n) is 2.34. The highest BCUT2D eigenvalue weighted by Crippen LogP contribution is 2.11. The van der Waals surface area contributed by atoms with Crippen molar-refractivity contribution in [2.24, 2.45) is 0 Å². The number of nitrogens with two attached hydrogens (primary N) is 1. The summed E-state index contributed by atoms with van der Waals surface area (Å²) in [6.07, 6.45) is 3.80. The first-order chi connectivity index (χ1) is 8.22. The Hall–Kier alpha value is -2.15. The number of thiazole rings is 1. The molecular formula is C10H9N5OS.